The number of nitrogens with one attached hydrogen (secondary N) is 1. The summed E-state index contributed by atoms with van der Waals surface area (Å²) >= 11 is 10.8. The van der Waals surface area contributed by atoms with Crippen LogP contribution in [-0.2, 0) is 0 Å². The van der Waals surface area contributed by atoms with E-state index >= 15 is 0 Å². The van der Waals surface area contributed by atoms with E-state index in [9.17, 15) is 4.39 Å². The maximum Gasteiger partial charge on any atom is 0.124 e. The predicted octanol–water partition coefficient (Wildman–Crippen LogP) is 5.00. The monoisotopic (exact) mass is 347 g/mol. The van der Waals surface area contributed by atoms with Crippen molar-refractivity contribution in [3.63, 3.8) is 0 Å². The van der Waals surface area contributed by atoms with Gasteiger partial charge in [-0.15, -0.1) is 11.3 Å². The van der Waals surface area contributed by atoms with Crippen molar-refractivity contribution in [3.05, 3.63) is 55.4 Å². The van der Waals surface area contributed by atoms with E-state index in [0.717, 1.165) is 25.8 Å². The van der Waals surface area contributed by atoms with E-state index in [1.807, 2.05) is 25.1 Å². The van der Waals surface area contributed by atoms with Crippen LogP contribution in [0.1, 0.15) is 23.4 Å². The van der Waals surface area contributed by atoms with Crippen LogP contribution in [0.2, 0.25) is 4.34 Å². The first-order chi connectivity index (χ1) is 8.60. The Labute approximate surface area is 123 Å². The second kappa shape index (κ2) is 6.15. The van der Waals surface area contributed by atoms with Gasteiger partial charge >= 0.3 is 0 Å². The van der Waals surface area contributed by atoms with Crippen molar-refractivity contribution in [2.45, 2.75) is 13.0 Å². The molecule has 0 amide bonds. The molecule has 1 N–H and O–H groups in total. The molecule has 0 fully saturated rings. The summed E-state index contributed by atoms with van der Waals surface area (Å²) in [6.07, 6.45) is 0. The van der Waals surface area contributed by atoms with E-state index in [2.05, 4.69) is 21.2 Å². The lowest BCUT2D eigenvalue weighted by atomic mass is 10.1. The van der Waals surface area contributed by atoms with Gasteiger partial charge in [0.15, 0.2) is 0 Å². The summed E-state index contributed by atoms with van der Waals surface area (Å²) in [7, 11) is 0. The summed E-state index contributed by atoms with van der Waals surface area (Å²) in [6.45, 7) is 2.82. The maximum atomic E-state index is 13.5. The first-order valence-electron chi connectivity index (χ1n) is 5.54. The SMILES string of the molecule is CCNC(c1cc(F)cc(Br)c1)c1ccc(Cl)s1. The lowest BCUT2D eigenvalue weighted by Crippen LogP contribution is -2.21. The van der Waals surface area contributed by atoms with Gasteiger partial charge < -0.3 is 5.32 Å². The summed E-state index contributed by atoms with van der Waals surface area (Å²) in [5, 5.41) is 3.35. The standard InChI is InChI=1S/C13H12BrClFNS/c1-2-17-13(11-3-4-12(15)18-11)8-5-9(14)7-10(16)6-8/h3-7,13,17H,2H2,1H3. The number of hydrogen-bond donors (Lipinski definition) is 1. The van der Waals surface area contributed by atoms with E-state index in [1.54, 1.807) is 6.07 Å². The van der Waals surface area contributed by atoms with Gasteiger partial charge in [0.2, 0.25) is 0 Å². The third-order valence-corrected chi connectivity index (χ3v) is 4.26. The summed E-state index contributed by atoms with van der Waals surface area (Å²) in [6, 6.07) is 8.72. The molecule has 96 valence electrons. The first-order valence-corrected chi connectivity index (χ1v) is 7.53. The van der Waals surface area contributed by atoms with Gasteiger partial charge in [0, 0.05) is 9.35 Å². The van der Waals surface area contributed by atoms with E-state index in [4.69, 9.17) is 11.6 Å². The third-order valence-electron chi connectivity index (χ3n) is 2.50. The van der Waals surface area contributed by atoms with E-state index in [1.165, 1.54) is 17.4 Å². The molecular weight excluding hydrogens is 337 g/mol. The highest BCUT2D eigenvalue weighted by Crippen LogP contribution is 2.32. The molecule has 2 rings (SSSR count). The van der Waals surface area contributed by atoms with Crippen molar-refractivity contribution in [1.29, 1.82) is 0 Å². The topological polar surface area (TPSA) is 12.0 Å². The second-order valence-corrected chi connectivity index (χ2v) is 6.50. The van der Waals surface area contributed by atoms with Gasteiger partial charge in [-0.1, -0.05) is 34.5 Å². The Morgan fingerprint density at radius 2 is 2.17 bits per heavy atom. The van der Waals surface area contributed by atoms with Crippen LogP contribution in [0.25, 0.3) is 0 Å². The third kappa shape index (κ3) is 3.32. The highest BCUT2D eigenvalue weighted by molar-refractivity contribution is 9.10. The minimum Gasteiger partial charge on any atom is -0.306 e. The van der Waals surface area contributed by atoms with Gasteiger partial charge in [-0.05, 0) is 42.4 Å². The van der Waals surface area contributed by atoms with Crippen LogP contribution in [0, 0.1) is 5.82 Å². The van der Waals surface area contributed by atoms with Crippen molar-refractivity contribution in [3.8, 4) is 0 Å². The Balaban J connectivity index is 2.40. The quantitative estimate of drug-likeness (QED) is 0.819. The fourth-order valence-corrected chi connectivity index (χ4v) is 3.46. The zero-order valence-corrected chi connectivity index (χ0v) is 12.9. The number of thiophene rings is 1. The molecule has 1 atom stereocenters. The molecule has 1 aromatic heterocycles. The van der Waals surface area contributed by atoms with Crippen molar-refractivity contribution < 1.29 is 4.39 Å². The second-order valence-electron chi connectivity index (χ2n) is 3.84. The van der Waals surface area contributed by atoms with Crippen LogP contribution in [0.5, 0.6) is 0 Å². The number of rotatable bonds is 4. The van der Waals surface area contributed by atoms with Crippen molar-refractivity contribution in [2.24, 2.45) is 0 Å². The molecule has 2 aromatic rings. The van der Waals surface area contributed by atoms with Crippen LogP contribution in [0.15, 0.2) is 34.8 Å². The predicted molar refractivity (Wildman–Crippen MR) is 78.9 cm³/mol. The molecule has 0 saturated heterocycles. The Kier molecular flexibility index (Phi) is 4.78. The largest absolute Gasteiger partial charge is 0.306 e. The van der Waals surface area contributed by atoms with E-state index < -0.39 is 0 Å². The number of halogens is 3. The Morgan fingerprint density at radius 1 is 1.39 bits per heavy atom. The molecule has 0 bridgehead atoms. The van der Waals surface area contributed by atoms with Crippen LogP contribution in [0.4, 0.5) is 4.39 Å². The van der Waals surface area contributed by atoms with Gasteiger partial charge in [-0.2, -0.15) is 0 Å². The van der Waals surface area contributed by atoms with Gasteiger partial charge in [0.05, 0.1) is 10.4 Å². The molecule has 1 heterocycles. The lowest BCUT2D eigenvalue weighted by molar-refractivity contribution is 0.606. The van der Waals surface area contributed by atoms with Gasteiger partial charge in [0.25, 0.3) is 0 Å². The zero-order valence-electron chi connectivity index (χ0n) is 9.71. The first kappa shape index (κ1) is 14.0. The number of benzene rings is 1. The summed E-state index contributed by atoms with van der Waals surface area (Å²) in [5.41, 5.74) is 0.891. The molecule has 0 radical (unpaired) electrons. The average Bonchev–Trinajstić information content (AvgIpc) is 2.71. The minimum atomic E-state index is -0.245. The smallest absolute Gasteiger partial charge is 0.124 e. The highest BCUT2D eigenvalue weighted by atomic mass is 79.9. The Morgan fingerprint density at radius 3 is 2.72 bits per heavy atom. The maximum absolute atomic E-state index is 13.5. The zero-order chi connectivity index (χ0) is 13.1. The molecule has 1 unspecified atom stereocenters. The van der Waals surface area contributed by atoms with Crippen LogP contribution >= 0.6 is 38.9 Å². The van der Waals surface area contributed by atoms with Crippen LogP contribution in [-0.4, -0.2) is 6.54 Å². The molecule has 1 nitrogen and oxygen atoms in total. The molecule has 1 aromatic carbocycles. The molecule has 0 aliphatic heterocycles. The normalized spacial score (nSPS) is 12.7. The molecular formula is C13H12BrClFNS. The van der Waals surface area contributed by atoms with E-state index in [0.29, 0.717) is 0 Å². The molecule has 0 saturated carbocycles. The molecule has 5 heteroatoms. The van der Waals surface area contributed by atoms with Gasteiger partial charge in [-0.25, -0.2) is 4.39 Å². The summed E-state index contributed by atoms with van der Waals surface area (Å²) < 4.78 is 14.9. The van der Waals surface area contributed by atoms with E-state index in [-0.39, 0.29) is 11.9 Å². The van der Waals surface area contributed by atoms with Crippen molar-refractivity contribution in [1.82, 2.24) is 5.32 Å². The molecule has 0 aliphatic carbocycles. The Hall–Kier alpha value is -0.420. The summed E-state index contributed by atoms with van der Waals surface area (Å²) in [5.74, 6) is -0.245. The highest BCUT2D eigenvalue weighted by Gasteiger charge is 2.16. The van der Waals surface area contributed by atoms with Crippen LogP contribution in [0.3, 0.4) is 0 Å². The number of hydrogen-bond acceptors (Lipinski definition) is 2. The minimum absolute atomic E-state index is 0.0282. The van der Waals surface area contributed by atoms with Crippen molar-refractivity contribution >= 4 is 38.9 Å². The molecule has 0 aliphatic rings. The van der Waals surface area contributed by atoms with Crippen LogP contribution < -0.4 is 5.32 Å². The molecule has 0 spiro atoms. The van der Waals surface area contributed by atoms with Crippen molar-refractivity contribution in [2.75, 3.05) is 6.54 Å². The fourth-order valence-electron chi connectivity index (χ4n) is 1.81. The van der Waals surface area contributed by atoms with Gasteiger partial charge in [-0.3, -0.25) is 0 Å². The molecule has 18 heavy (non-hydrogen) atoms. The summed E-state index contributed by atoms with van der Waals surface area (Å²) in [4.78, 5) is 1.08. The Bertz CT molecular complexity index is 523. The average molecular weight is 349 g/mol. The lowest BCUT2D eigenvalue weighted by Gasteiger charge is -2.17. The fraction of sp³-hybridized carbons (Fsp3) is 0.231. The van der Waals surface area contributed by atoms with Gasteiger partial charge in [0.1, 0.15) is 5.82 Å².